The summed E-state index contributed by atoms with van der Waals surface area (Å²) in [6.45, 7) is 7.25. The maximum absolute atomic E-state index is 5.76. The second kappa shape index (κ2) is 4.58. The first-order valence-corrected chi connectivity index (χ1v) is 5.73. The Morgan fingerprint density at radius 2 is 1.94 bits per heavy atom. The summed E-state index contributed by atoms with van der Waals surface area (Å²) in [5.41, 5.74) is 7.43. The first-order valence-electron chi connectivity index (χ1n) is 5.73. The average Bonchev–Trinajstić information content (AvgIpc) is 2.67. The summed E-state index contributed by atoms with van der Waals surface area (Å²) in [6.07, 6.45) is 0. The first kappa shape index (κ1) is 11.0. The van der Waals surface area contributed by atoms with Crippen molar-refractivity contribution in [1.82, 2.24) is 4.90 Å². The molecule has 0 aliphatic rings. The molecule has 0 unspecified atom stereocenters. The van der Waals surface area contributed by atoms with Crippen LogP contribution in [0.1, 0.15) is 19.6 Å². The lowest BCUT2D eigenvalue weighted by atomic mass is 10.2. The number of fused-ring (bicyclic) bond motifs is 1. The third-order valence-electron chi connectivity index (χ3n) is 2.87. The molecule has 0 fully saturated rings. The van der Waals surface area contributed by atoms with E-state index in [1.807, 2.05) is 18.2 Å². The molecule has 0 aliphatic carbocycles. The predicted octanol–water partition coefficient (Wildman–Crippen LogP) is 2.86. The van der Waals surface area contributed by atoms with Crippen molar-refractivity contribution < 1.29 is 4.42 Å². The highest BCUT2D eigenvalue weighted by Gasteiger charge is 2.07. The van der Waals surface area contributed by atoms with E-state index >= 15 is 0 Å². The van der Waals surface area contributed by atoms with Gasteiger partial charge in [0.05, 0.1) is 6.54 Å². The van der Waals surface area contributed by atoms with Gasteiger partial charge in [0.2, 0.25) is 0 Å². The van der Waals surface area contributed by atoms with Crippen LogP contribution in [0, 0.1) is 0 Å². The zero-order chi connectivity index (χ0) is 11.5. The monoisotopic (exact) mass is 218 g/mol. The number of nitrogen functional groups attached to an aromatic ring is 1. The Kier molecular flexibility index (Phi) is 3.15. The average molecular weight is 218 g/mol. The van der Waals surface area contributed by atoms with Gasteiger partial charge in [0, 0.05) is 11.1 Å². The van der Waals surface area contributed by atoms with E-state index in [9.17, 15) is 0 Å². The van der Waals surface area contributed by atoms with Gasteiger partial charge in [0.25, 0.3) is 0 Å². The Morgan fingerprint density at radius 3 is 2.62 bits per heavy atom. The van der Waals surface area contributed by atoms with Gasteiger partial charge in [-0.05, 0) is 37.4 Å². The minimum atomic E-state index is 0.780. The van der Waals surface area contributed by atoms with Gasteiger partial charge in [-0.25, -0.2) is 0 Å². The van der Waals surface area contributed by atoms with Crippen molar-refractivity contribution in [2.45, 2.75) is 20.4 Å². The third-order valence-corrected chi connectivity index (χ3v) is 2.87. The lowest BCUT2D eigenvalue weighted by Gasteiger charge is -2.15. The van der Waals surface area contributed by atoms with Gasteiger partial charge in [0.1, 0.15) is 11.3 Å². The molecule has 3 heteroatoms. The van der Waals surface area contributed by atoms with Crippen molar-refractivity contribution in [3.63, 3.8) is 0 Å². The molecule has 1 heterocycles. The second-order valence-electron chi connectivity index (χ2n) is 3.97. The smallest absolute Gasteiger partial charge is 0.134 e. The number of hydrogen-bond acceptors (Lipinski definition) is 3. The topological polar surface area (TPSA) is 42.4 Å². The molecule has 2 aromatic rings. The fourth-order valence-electron chi connectivity index (χ4n) is 1.86. The van der Waals surface area contributed by atoms with Gasteiger partial charge in [-0.15, -0.1) is 0 Å². The highest BCUT2D eigenvalue weighted by atomic mass is 16.3. The van der Waals surface area contributed by atoms with Crippen LogP contribution in [0.3, 0.4) is 0 Å². The first-order chi connectivity index (χ1) is 7.72. The van der Waals surface area contributed by atoms with Crippen LogP contribution in [0.25, 0.3) is 11.0 Å². The van der Waals surface area contributed by atoms with Crippen molar-refractivity contribution in [1.29, 1.82) is 0 Å². The van der Waals surface area contributed by atoms with E-state index in [0.717, 1.165) is 42.1 Å². The number of hydrogen-bond donors (Lipinski definition) is 1. The minimum Gasteiger partial charge on any atom is -0.460 e. The van der Waals surface area contributed by atoms with Crippen molar-refractivity contribution in [2.75, 3.05) is 18.8 Å². The standard InChI is InChI=1S/C13H18N2O/c1-3-15(4-2)9-12-8-10-7-11(14)5-6-13(10)16-12/h5-8H,3-4,9,14H2,1-2H3. The number of nitrogens with zero attached hydrogens (tertiary/aromatic N) is 1. The second-order valence-corrected chi connectivity index (χ2v) is 3.97. The molecule has 0 bridgehead atoms. The molecule has 0 saturated heterocycles. The Balaban J connectivity index is 2.25. The normalized spacial score (nSPS) is 11.4. The summed E-state index contributed by atoms with van der Waals surface area (Å²) in [4.78, 5) is 2.32. The maximum atomic E-state index is 5.76. The van der Waals surface area contributed by atoms with Gasteiger partial charge in [-0.3, -0.25) is 4.90 Å². The highest BCUT2D eigenvalue weighted by molar-refractivity contribution is 5.81. The van der Waals surface area contributed by atoms with Crippen molar-refractivity contribution in [3.05, 3.63) is 30.0 Å². The third kappa shape index (κ3) is 2.19. The van der Waals surface area contributed by atoms with E-state index in [1.165, 1.54) is 0 Å². The molecule has 16 heavy (non-hydrogen) atoms. The quantitative estimate of drug-likeness (QED) is 0.802. The Labute approximate surface area is 95.8 Å². The van der Waals surface area contributed by atoms with E-state index in [-0.39, 0.29) is 0 Å². The summed E-state index contributed by atoms with van der Waals surface area (Å²) in [5, 5.41) is 1.09. The van der Waals surface area contributed by atoms with E-state index in [0.29, 0.717) is 0 Å². The molecule has 0 spiro atoms. The summed E-state index contributed by atoms with van der Waals surface area (Å²) in [7, 11) is 0. The van der Waals surface area contributed by atoms with Crippen molar-refractivity contribution in [3.8, 4) is 0 Å². The summed E-state index contributed by atoms with van der Waals surface area (Å²) in [6, 6.07) is 7.82. The molecule has 1 aromatic carbocycles. The van der Waals surface area contributed by atoms with Crippen LogP contribution in [-0.4, -0.2) is 18.0 Å². The fraction of sp³-hybridized carbons (Fsp3) is 0.385. The number of rotatable bonds is 4. The molecule has 0 radical (unpaired) electrons. The minimum absolute atomic E-state index is 0.780. The molecular formula is C13H18N2O. The predicted molar refractivity (Wildman–Crippen MR) is 67.3 cm³/mol. The van der Waals surface area contributed by atoms with E-state index < -0.39 is 0 Å². The molecule has 0 atom stereocenters. The van der Waals surface area contributed by atoms with Crippen LogP contribution in [0.2, 0.25) is 0 Å². The van der Waals surface area contributed by atoms with Crippen LogP contribution in [0.4, 0.5) is 5.69 Å². The summed E-state index contributed by atoms with van der Waals surface area (Å²) < 4.78 is 5.76. The largest absolute Gasteiger partial charge is 0.460 e. The molecule has 2 rings (SSSR count). The Hall–Kier alpha value is -1.48. The molecule has 86 valence electrons. The van der Waals surface area contributed by atoms with Crippen LogP contribution in [0.5, 0.6) is 0 Å². The van der Waals surface area contributed by atoms with E-state index in [4.69, 9.17) is 10.2 Å². The summed E-state index contributed by atoms with van der Waals surface area (Å²) >= 11 is 0. The molecule has 0 aliphatic heterocycles. The zero-order valence-corrected chi connectivity index (χ0v) is 9.86. The number of furan rings is 1. The maximum Gasteiger partial charge on any atom is 0.134 e. The fourth-order valence-corrected chi connectivity index (χ4v) is 1.86. The lowest BCUT2D eigenvalue weighted by molar-refractivity contribution is 0.272. The number of benzene rings is 1. The Morgan fingerprint density at radius 1 is 1.19 bits per heavy atom. The van der Waals surface area contributed by atoms with Gasteiger partial charge in [-0.2, -0.15) is 0 Å². The molecule has 3 nitrogen and oxygen atoms in total. The van der Waals surface area contributed by atoms with E-state index in [1.54, 1.807) is 0 Å². The molecule has 1 aromatic heterocycles. The SMILES string of the molecule is CCN(CC)Cc1cc2cc(N)ccc2o1. The molecular weight excluding hydrogens is 200 g/mol. The lowest BCUT2D eigenvalue weighted by Crippen LogP contribution is -2.21. The Bertz CT molecular complexity index is 472. The van der Waals surface area contributed by atoms with Crippen LogP contribution in [0.15, 0.2) is 28.7 Å². The number of anilines is 1. The molecule has 2 N–H and O–H groups in total. The van der Waals surface area contributed by atoms with Crippen LogP contribution < -0.4 is 5.73 Å². The highest BCUT2D eigenvalue weighted by Crippen LogP contribution is 2.22. The van der Waals surface area contributed by atoms with Gasteiger partial charge < -0.3 is 10.2 Å². The number of nitrogens with two attached hydrogens (primary N) is 1. The van der Waals surface area contributed by atoms with Crippen molar-refractivity contribution >= 4 is 16.7 Å². The van der Waals surface area contributed by atoms with Gasteiger partial charge in [-0.1, -0.05) is 13.8 Å². The van der Waals surface area contributed by atoms with Crippen LogP contribution >= 0.6 is 0 Å². The zero-order valence-electron chi connectivity index (χ0n) is 9.86. The summed E-state index contributed by atoms with van der Waals surface area (Å²) in [5.74, 6) is 1.00. The molecule has 0 saturated carbocycles. The van der Waals surface area contributed by atoms with E-state index in [2.05, 4.69) is 24.8 Å². The van der Waals surface area contributed by atoms with Crippen LogP contribution in [-0.2, 0) is 6.54 Å². The molecule has 0 amide bonds. The van der Waals surface area contributed by atoms with Crippen molar-refractivity contribution in [2.24, 2.45) is 0 Å². The van der Waals surface area contributed by atoms with Gasteiger partial charge >= 0.3 is 0 Å². The van der Waals surface area contributed by atoms with Gasteiger partial charge in [0.15, 0.2) is 0 Å².